The van der Waals surface area contributed by atoms with E-state index in [4.69, 9.17) is 9.97 Å². The van der Waals surface area contributed by atoms with Crippen LogP contribution in [0.3, 0.4) is 0 Å². The van der Waals surface area contributed by atoms with Gasteiger partial charge >= 0.3 is 0 Å². The van der Waals surface area contributed by atoms with Crippen LogP contribution in [0.1, 0.15) is 25.0 Å². The van der Waals surface area contributed by atoms with Gasteiger partial charge in [0.25, 0.3) is 0 Å². The van der Waals surface area contributed by atoms with Crippen LogP contribution < -0.4 is 0 Å². The molecule has 0 spiro atoms. The Bertz CT molecular complexity index is 2790. The molecule has 0 aliphatic heterocycles. The third-order valence-electron chi connectivity index (χ3n) is 10.4. The highest BCUT2D eigenvalue weighted by Gasteiger charge is 2.31. The fraction of sp³-hybridized carbons (Fsp3) is 0.0870. The Morgan fingerprint density at radius 3 is 1.96 bits per heavy atom. The first kappa shape index (κ1) is 28.4. The Morgan fingerprint density at radius 1 is 0.490 bits per heavy atom. The lowest BCUT2D eigenvalue weighted by Gasteiger charge is -2.34. The number of hydrogen-bond donors (Lipinski definition) is 0. The molecule has 0 N–H and O–H groups in total. The first-order chi connectivity index (χ1) is 24.0. The van der Waals surface area contributed by atoms with E-state index in [2.05, 4.69) is 159 Å². The van der Waals surface area contributed by atoms with Crippen molar-refractivity contribution in [2.75, 3.05) is 0 Å². The minimum atomic E-state index is 0.0359. The van der Waals surface area contributed by atoms with Crippen LogP contribution in [0.2, 0.25) is 0 Å². The maximum Gasteiger partial charge on any atom is 0.0972 e. The number of nitrogens with zero attached hydrogens (tertiary/aromatic N) is 2. The quantitative estimate of drug-likeness (QED) is 0.179. The summed E-state index contributed by atoms with van der Waals surface area (Å²) in [7, 11) is 0. The average Bonchev–Trinajstić information content (AvgIpc) is 3.52. The van der Waals surface area contributed by atoms with E-state index in [1.807, 2.05) is 11.3 Å². The Kier molecular flexibility index (Phi) is 6.19. The zero-order valence-electron chi connectivity index (χ0n) is 27.4. The number of pyridine rings is 2. The number of benzene rings is 6. The summed E-state index contributed by atoms with van der Waals surface area (Å²) in [6.07, 6.45) is 1.03. The van der Waals surface area contributed by atoms with Crippen LogP contribution in [0, 0.1) is 0 Å². The molecule has 0 bridgehead atoms. The first-order valence-corrected chi connectivity index (χ1v) is 17.8. The van der Waals surface area contributed by atoms with E-state index in [9.17, 15) is 0 Å². The monoisotopic (exact) mass is 644 g/mol. The van der Waals surface area contributed by atoms with Gasteiger partial charge in [-0.05, 0) is 81.6 Å². The largest absolute Gasteiger partial charge is 0.245 e. The molecule has 0 saturated carbocycles. The van der Waals surface area contributed by atoms with Crippen LogP contribution in [-0.2, 0) is 11.8 Å². The maximum atomic E-state index is 5.35. The molecule has 49 heavy (non-hydrogen) atoms. The van der Waals surface area contributed by atoms with E-state index in [0.29, 0.717) is 0 Å². The SMILES string of the molecule is CC1(C)Cc2ccccc2-c2ccc(-c3ccc4ccc5ccc(-c6ccccc6-c6ccc7sc8ccccc8c7c6)nc5c4n3)cc21. The van der Waals surface area contributed by atoms with Crippen molar-refractivity contribution in [1.29, 1.82) is 0 Å². The van der Waals surface area contributed by atoms with Crippen molar-refractivity contribution in [3.8, 4) is 44.8 Å². The lowest BCUT2D eigenvalue weighted by Crippen LogP contribution is -2.25. The predicted octanol–water partition coefficient (Wildman–Crippen LogP) is 12.7. The van der Waals surface area contributed by atoms with E-state index < -0.39 is 0 Å². The molecule has 9 aromatic rings. The summed E-state index contributed by atoms with van der Waals surface area (Å²) >= 11 is 1.85. The average molecular weight is 645 g/mol. The number of rotatable bonds is 3. The van der Waals surface area contributed by atoms with E-state index in [1.54, 1.807) is 0 Å². The normalized spacial score (nSPS) is 13.6. The molecular formula is C46H32N2S. The molecule has 3 heteroatoms. The smallest absolute Gasteiger partial charge is 0.0972 e. The predicted molar refractivity (Wildman–Crippen MR) is 208 cm³/mol. The molecule has 0 fully saturated rings. The second kappa shape index (κ2) is 10.7. The summed E-state index contributed by atoms with van der Waals surface area (Å²) in [5, 5.41) is 4.80. The van der Waals surface area contributed by atoms with Crippen molar-refractivity contribution in [2.24, 2.45) is 0 Å². The summed E-state index contributed by atoms with van der Waals surface area (Å²) in [6.45, 7) is 4.72. The van der Waals surface area contributed by atoms with Crippen molar-refractivity contribution in [2.45, 2.75) is 25.7 Å². The third-order valence-corrected chi connectivity index (χ3v) is 11.5. The van der Waals surface area contributed by atoms with Gasteiger partial charge in [0.05, 0.1) is 22.4 Å². The molecular weight excluding hydrogens is 613 g/mol. The molecule has 10 rings (SSSR count). The summed E-state index contributed by atoms with van der Waals surface area (Å²) in [5.41, 5.74) is 13.9. The number of aromatic nitrogens is 2. The standard InChI is InChI=1S/C46H32N2S/c1-46(2)27-32-9-3-4-11-34(32)35-21-17-31(26-39(35)46)40-22-18-28-15-16-29-19-23-41(48-45(29)44(28)47-40)36-12-6-5-10-33(36)30-20-24-43-38(25-30)37-13-7-8-14-42(37)49-43/h3-26H,27H2,1-2H3. The fourth-order valence-electron chi connectivity index (χ4n) is 7.94. The fourth-order valence-corrected chi connectivity index (χ4v) is 9.02. The van der Waals surface area contributed by atoms with Gasteiger partial charge in [-0.2, -0.15) is 0 Å². The van der Waals surface area contributed by atoms with Gasteiger partial charge in [-0.3, -0.25) is 0 Å². The van der Waals surface area contributed by atoms with Crippen molar-refractivity contribution < 1.29 is 0 Å². The summed E-state index contributed by atoms with van der Waals surface area (Å²) in [4.78, 5) is 10.7. The van der Waals surface area contributed by atoms with E-state index in [1.165, 1.54) is 53.6 Å². The zero-order chi connectivity index (χ0) is 32.7. The highest BCUT2D eigenvalue weighted by molar-refractivity contribution is 7.25. The van der Waals surface area contributed by atoms with E-state index in [-0.39, 0.29) is 5.41 Å². The molecule has 0 atom stereocenters. The molecule has 0 amide bonds. The van der Waals surface area contributed by atoms with Gasteiger partial charge in [0.15, 0.2) is 0 Å². The van der Waals surface area contributed by atoms with Crippen LogP contribution in [0.5, 0.6) is 0 Å². The molecule has 3 aromatic heterocycles. The van der Waals surface area contributed by atoms with Gasteiger partial charge in [0.1, 0.15) is 0 Å². The maximum absolute atomic E-state index is 5.35. The molecule has 6 aromatic carbocycles. The second-order valence-electron chi connectivity index (χ2n) is 13.9. The highest BCUT2D eigenvalue weighted by Crippen LogP contribution is 2.45. The molecule has 3 heterocycles. The molecule has 0 saturated heterocycles. The third kappa shape index (κ3) is 4.53. The van der Waals surface area contributed by atoms with Crippen LogP contribution >= 0.6 is 11.3 Å². The van der Waals surface area contributed by atoms with Gasteiger partial charge in [-0.25, -0.2) is 9.97 Å². The number of thiophene rings is 1. The van der Waals surface area contributed by atoms with Gasteiger partial charge in [0.2, 0.25) is 0 Å². The van der Waals surface area contributed by atoms with Crippen LogP contribution in [0.15, 0.2) is 146 Å². The summed E-state index contributed by atoms with van der Waals surface area (Å²) in [6, 6.07) is 52.9. The Hall–Kier alpha value is -5.64. The molecule has 1 aliphatic carbocycles. The molecule has 0 radical (unpaired) electrons. The number of fused-ring (bicyclic) bond motifs is 9. The summed E-state index contributed by atoms with van der Waals surface area (Å²) < 4.78 is 2.63. The van der Waals surface area contributed by atoms with Crippen molar-refractivity contribution in [3.05, 3.63) is 157 Å². The Balaban J connectivity index is 1.10. The highest BCUT2D eigenvalue weighted by atomic mass is 32.1. The second-order valence-corrected chi connectivity index (χ2v) is 15.0. The number of hydrogen-bond acceptors (Lipinski definition) is 3. The minimum Gasteiger partial charge on any atom is -0.245 e. The molecule has 232 valence electrons. The molecule has 1 aliphatic rings. The van der Waals surface area contributed by atoms with Crippen molar-refractivity contribution in [1.82, 2.24) is 9.97 Å². The van der Waals surface area contributed by atoms with E-state index in [0.717, 1.165) is 50.7 Å². The lowest BCUT2D eigenvalue weighted by atomic mass is 9.70. The van der Waals surface area contributed by atoms with Gasteiger partial charge in [-0.1, -0.05) is 123 Å². The topological polar surface area (TPSA) is 25.8 Å². The Morgan fingerprint density at radius 2 is 1.12 bits per heavy atom. The molecule has 2 nitrogen and oxygen atoms in total. The van der Waals surface area contributed by atoms with E-state index >= 15 is 0 Å². The van der Waals surface area contributed by atoms with Crippen LogP contribution in [0.25, 0.3) is 86.7 Å². The van der Waals surface area contributed by atoms with Gasteiger partial charge in [0, 0.05) is 42.1 Å². The Labute approximate surface area is 289 Å². The van der Waals surface area contributed by atoms with Crippen molar-refractivity contribution in [3.63, 3.8) is 0 Å². The first-order valence-electron chi connectivity index (χ1n) is 16.9. The molecule has 0 unspecified atom stereocenters. The van der Waals surface area contributed by atoms with Crippen LogP contribution in [0.4, 0.5) is 0 Å². The van der Waals surface area contributed by atoms with Gasteiger partial charge in [-0.15, -0.1) is 11.3 Å². The summed E-state index contributed by atoms with van der Waals surface area (Å²) in [5.74, 6) is 0. The minimum absolute atomic E-state index is 0.0359. The van der Waals surface area contributed by atoms with Crippen LogP contribution in [-0.4, -0.2) is 9.97 Å². The zero-order valence-corrected chi connectivity index (χ0v) is 28.2. The van der Waals surface area contributed by atoms with Crippen molar-refractivity contribution >= 4 is 53.3 Å². The lowest BCUT2D eigenvalue weighted by molar-refractivity contribution is 0.517. The van der Waals surface area contributed by atoms with Gasteiger partial charge < -0.3 is 0 Å².